The van der Waals surface area contributed by atoms with Gasteiger partial charge in [-0.15, -0.1) is 0 Å². The van der Waals surface area contributed by atoms with Gasteiger partial charge in [-0.3, -0.25) is 10.1 Å². The minimum absolute atomic E-state index is 0.0252. The van der Waals surface area contributed by atoms with E-state index in [9.17, 15) is 26.9 Å². The topological polar surface area (TPSA) is 115 Å². The summed E-state index contributed by atoms with van der Waals surface area (Å²) in [5.41, 5.74) is 2.27. The van der Waals surface area contributed by atoms with E-state index in [1.54, 1.807) is 53.4 Å². The average Bonchev–Trinajstić information content (AvgIpc) is 2.80. The summed E-state index contributed by atoms with van der Waals surface area (Å²) in [6.45, 7) is 3.78. The molecule has 0 spiro atoms. The molecule has 3 rings (SSSR count). The summed E-state index contributed by atoms with van der Waals surface area (Å²) in [6.07, 6.45) is 0. The number of anilines is 1. The summed E-state index contributed by atoms with van der Waals surface area (Å²) in [7, 11) is -7.22. The Hall–Kier alpha value is -3.24. The van der Waals surface area contributed by atoms with Gasteiger partial charge in [-0.2, -0.15) is 0 Å². The standard InChI is InChI=1S/C24H26N2O6S2/c1-19-3-11-23(12-4-19)33(29,30)17-15-25(21-7-9-22(10-8-21)26(27)28)16-18-34(31,32)24-13-5-20(2)6-14-24/h3-14H,15-18H2,1-2H3. The second kappa shape index (κ2) is 10.4. The molecule has 0 aromatic heterocycles. The fraction of sp³-hybridized carbons (Fsp3) is 0.250. The van der Waals surface area contributed by atoms with Gasteiger partial charge in [0, 0.05) is 30.9 Å². The summed E-state index contributed by atoms with van der Waals surface area (Å²) >= 11 is 0. The first-order chi connectivity index (χ1) is 16.0. The number of nitro benzene ring substituents is 1. The van der Waals surface area contributed by atoms with Crippen molar-refractivity contribution in [2.75, 3.05) is 29.5 Å². The van der Waals surface area contributed by atoms with Crippen LogP contribution in [0.25, 0.3) is 0 Å². The third-order valence-electron chi connectivity index (χ3n) is 5.45. The van der Waals surface area contributed by atoms with Crippen molar-refractivity contribution < 1.29 is 21.8 Å². The van der Waals surface area contributed by atoms with Gasteiger partial charge < -0.3 is 4.90 Å². The van der Waals surface area contributed by atoms with Crippen LogP contribution in [-0.2, 0) is 19.7 Å². The largest absolute Gasteiger partial charge is 0.369 e. The SMILES string of the molecule is Cc1ccc(S(=O)(=O)CCN(CCS(=O)(=O)c2ccc(C)cc2)c2ccc([N+](=O)[O-])cc2)cc1. The van der Waals surface area contributed by atoms with Crippen molar-refractivity contribution in [2.24, 2.45) is 0 Å². The maximum absolute atomic E-state index is 12.8. The number of nitro groups is 1. The van der Waals surface area contributed by atoms with Gasteiger partial charge in [-0.25, -0.2) is 16.8 Å². The molecule has 0 amide bonds. The maximum Gasteiger partial charge on any atom is 0.269 e. The lowest BCUT2D eigenvalue weighted by atomic mass is 10.2. The zero-order chi connectivity index (χ0) is 24.9. The molecule has 0 atom stereocenters. The van der Waals surface area contributed by atoms with E-state index >= 15 is 0 Å². The maximum atomic E-state index is 12.8. The zero-order valence-electron chi connectivity index (χ0n) is 18.9. The molecule has 0 unspecified atom stereocenters. The predicted molar refractivity (Wildman–Crippen MR) is 132 cm³/mol. The molecule has 0 fully saturated rings. The van der Waals surface area contributed by atoms with Crippen molar-refractivity contribution in [3.8, 4) is 0 Å². The van der Waals surface area contributed by atoms with Crippen LogP contribution >= 0.6 is 0 Å². The number of sulfone groups is 2. The van der Waals surface area contributed by atoms with Crippen molar-refractivity contribution in [2.45, 2.75) is 23.6 Å². The van der Waals surface area contributed by atoms with E-state index in [-0.39, 0.29) is 40.1 Å². The summed E-state index contributed by atoms with van der Waals surface area (Å²) in [6, 6.07) is 18.7. The fourth-order valence-electron chi connectivity index (χ4n) is 3.34. The third-order valence-corrected chi connectivity index (χ3v) is 8.87. The van der Waals surface area contributed by atoms with Gasteiger partial charge in [-0.05, 0) is 50.2 Å². The Labute approximate surface area is 199 Å². The van der Waals surface area contributed by atoms with E-state index in [2.05, 4.69) is 0 Å². The molecule has 0 saturated heterocycles. The highest BCUT2D eigenvalue weighted by Gasteiger charge is 2.21. The molecular formula is C24H26N2O6S2. The van der Waals surface area contributed by atoms with Crippen molar-refractivity contribution >= 4 is 31.0 Å². The molecule has 34 heavy (non-hydrogen) atoms. The lowest BCUT2D eigenvalue weighted by Crippen LogP contribution is -2.33. The molecule has 0 bridgehead atoms. The molecule has 8 nitrogen and oxygen atoms in total. The van der Waals surface area contributed by atoms with E-state index < -0.39 is 24.6 Å². The van der Waals surface area contributed by atoms with Gasteiger partial charge in [0.15, 0.2) is 19.7 Å². The lowest BCUT2D eigenvalue weighted by molar-refractivity contribution is -0.384. The van der Waals surface area contributed by atoms with Crippen LogP contribution in [0, 0.1) is 24.0 Å². The molecule has 10 heteroatoms. The molecular weight excluding hydrogens is 476 g/mol. The Morgan fingerprint density at radius 3 is 1.41 bits per heavy atom. The summed E-state index contributed by atoms with van der Waals surface area (Å²) in [5, 5.41) is 11.0. The Balaban J connectivity index is 1.82. The van der Waals surface area contributed by atoms with E-state index in [0.717, 1.165) is 11.1 Å². The summed E-state index contributed by atoms with van der Waals surface area (Å²) in [5.74, 6) is -0.477. The molecule has 0 heterocycles. The molecule has 0 radical (unpaired) electrons. The molecule has 0 N–H and O–H groups in total. The van der Waals surface area contributed by atoms with Gasteiger partial charge in [0.05, 0.1) is 26.2 Å². The summed E-state index contributed by atoms with van der Waals surface area (Å²) < 4.78 is 51.4. The molecule has 3 aromatic rings. The highest BCUT2D eigenvalue weighted by Crippen LogP contribution is 2.21. The van der Waals surface area contributed by atoms with E-state index in [4.69, 9.17) is 0 Å². The monoisotopic (exact) mass is 502 g/mol. The number of non-ortho nitro benzene ring substituents is 1. The van der Waals surface area contributed by atoms with Crippen molar-refractivity contribution in [1.82, 2.24) is 0 Å². The van der Waals surface area contributed by atoms with Crippen LogP contribution in [0.1, 0.15) is 11.1 Å². The fourth-order valence-corrected chi connectivity index (χ4v) is 5.84. The number of benzene rings is 3. The predicted octanol–water partition coefficient (Wildman–Crippen LogP) is 3.97. The van der Waals surface area contributed by atoms with Crippen LogP contribution in [0.15, 0.2) is 82.6 Å². The third kappa shape index (κ3) is 6.42. The molecule has 0 aliphatic rings. The van der Waals surface area contributed by atoms with Gasteiger partial charge >= 0.3 is 0 Å². The number of hydrogen-bond donors (Lipinski definition) is 0. The van der Waals surface area contributed by atoms with Crippen molar-refractivity contribution in [3.05, 3.63) is 94.0 Å². The van der Waals surface area contributed by atoms with Crippen LogP contribution in [0.3, 0.4) is 0 Å². The van der Waals surface area contributed by atoms with E-state index in [1.165, 1.54) is 24.3 Å². The normalized spacial score (nSPS) is 11.8. The first-order valence-corrected chi connectivity index (χ1v) is 13.9. The van der Waals surface area contributed by atoms with E-state index in [1.807, 2.05) is 13.8 Å². The molecule has 180 valence electrons. The quantitative estimate of drug-likeness (QED) is 0.304. The first kappa shape index (κ1) is 25.4. The Bertz CT molecular complexity index is 1270. The lowest BCUT2D eigenvalue weighted by Gasteiger charge is -2.25. The van der Waals surface area contributed by atoms with Crippen LogP contribution in [0.4, 0.5) is 11.4 Å². The Morgan fingerprint density at radius 1 is 0.676 bits per heavy atom. The number of rotatable bonds is 10. The molecule has 3 aromatic carbocycles. The first-order valence-electron chi connectivity index (χ1n) is 10.6. The van der Waals surface area contributed by atoms with E-state index in [0.29, 0.717) is 5.69 Å². The molecule has 0 aliphatic heterocycles. The summed E-state index contributed by atoms with van der Waals surface area (Å²) in [4.78, 5) is 12.5. The average molecular weight is 503 g/mol. The van der Waals surface area contributed by atoms with Gasteiger partial charge in [0.25, 0.3) is 5.69 Å². The van der Waals surface area contributed by atoms with Crippen LogP contribution in [0.2, 0.25) is 0 Å². The Morgan fingerprint density at radius 2 is 1.06 bits per heavy atom. The second-order valence-electron chi connectivity index (χ2n) is 8.02. The van der Waals surface area contributed by atoms with Gasteiger partial charge in [0.2, 0.25) is 0 Å². The van der Waals surface area contributed by atoms with Gasteiger partial charge in [-0.1, -0.05) is 35.4 Å². The zero-order valence-corrected chi connectivity index (χ0v) is 20.6. The van der Waals surface area contributed by atoms with Crippen LogP contribution in [0.5, 0.6) is 0 Å². The Kier molecular flexibility index (Phi) is 7.73. The smallest absolute Gasteiger partial charge is 0.269 e. The highest BCUT2D eigenvalue weighted by molar-refractivity contribution is 7.91. The molecule has 0 saturated carbocycles. The number of aryl methyl sites for hydroxylation is 2. The number of nitrogens with zero attached hydrogens (tertiary/aromatic N) is 2. The van der Waals surface area contributed by atoms with Crippen molar-refractivity contribution in [3.63, 3.8) is 0 Å². The van der Waals surface area contributed by atoms with Crippen molar-refractivity contribution in [1.29, 1.82) is 0 Å². The minimum atomic E-state index is -3.61. The minimum Gasteiger partial charge on any atom is -0.369 e. The molecule has 0 aliphatic carbocycles. The second-order valence-corrected chi connectivity index (χ2v) is 12.2. The van der Waals surface area contributed by atoms with Gasteiger partial charge in [0.1, 0.15) is 0 Å². The van der Waals surface area contributed by atoms with Crippen LogP contribution < -0.4 is 4.90 Å². The number of hydrogen-bond acceptors (Lipinski definition) is 7. The highest BCUT2D eigenvalue weighted by atomic mass is 32.2. The van der Waals surface area contributed by atoms with Crippen LogP contribution in [-0.4, -0.2) is 46.4 Å².